The highest BCUT2D eigenvalue weighted by Crippen LogP contribution is 2.10. The molecule has 1 heterocycles. The van der Waals surface area contributed by atoms with Crippen LogP contribution in [0.2, 0.25) is 0 Å². The van der Waals surface area contributed by atoms with Crippen LogP contribution in [-0.4, -0.2) is 37.1 Å². The molecule has 0 spiro atoms. The van der Waals surface area contributed by atoms with Crippen LogP contribution in [0.4, 0.5) is 0 Å². The zero-order chi connectivity index (χ0) is 9.68. The highest BCUT2D eigenvalue weighted by Gasteiger charge is 2.17. The van der Waals surface area contributed by atoms with E-state index in [1.807, 2.05) is 0 Å². The molecule has 2 nitrogen and oxygen atoms in total. The minimum absolute atomic E-state index is 0.743. The predicted octanol–water partition coefficient (Wildman–Crippen LogP) is 1.86. The Balaban J connectivity index is 2.18. The average Bonchev–Trinajstić information content (AvgIpc) is 2.57. The first-order valence-electron chi connectivity index (χ1n) is 5.67. The van der Waals surface area contributed by atoms with E-state index in [2.05, 4.69) is 31.1 Å². The lowest BCUT2D eigenvalue weighted by atomic mass is 10.1. The summed E-state index contributed by atoms with van der Waals surface area (Å²) in [4.78, 5) is 2.49. The van der Waals surface area contributed by atoms with E-state index in [0.717, 1.165) is 12.1 Å². The Hall–Kier alpha value is -0.0800. The van der Waals surface area contributed by atoms with E-state index in [4.69, 9.17) is 0 Å². The maximum atomic E-state index is 3.54. The first kappa shape index (κ1) is 11.0. The van der Waals surface area contributed by atoms with Crippen LogP contribution in [0.15, 0.2) is 0 Å². The Morgan fingerprint density at radius 2 is 2.31 bits per heavy atom. The minimum Gasteiger partial charge on any atom is -0.313 e. The molecule has 1 aliphatic heterocycles. The van der Waals surface area contributed by atoms with Crippen LogP contribution in [0.1, 0.15) is 39.5 Å². The molecule has 1 saturated heterocycles. The number of nitrogens with one attached hydrogen (secondary N) is 1. The molecule has 0 amide bonds. The van der Waals surface area contributed by atoms with Crippen molar-refractivity contribution in [2.45, 2.75) is 51.6 Å². The summed E-state index contributed by atoms with van der Waals surface area (Å²) in [6.07, 6.45) is 5.34. The second-order valence-electron chi connectivity index (χ2n) is 4.37. The third-order valence-corrected chi connectivity index (χ3v) is 3.13. The lowest BCUT2D eigenvalue weighted by molar-refractivity contribution is 0.224. The molecular weight excluding hydrogens is 160 g/mol. The van der Waals surface area contributed by atoms with Crippen molar-refractivity contribution in [1.29, 1.82) is 0 Å². The van der Waals surface area contributed by atoms with Gasteiger partial charge >= 0.3 is 0 Å². The Labute approximate surface area is 82.7 Å². The SMILES string of the molecule is CCCC(C)N(C)CC1CCCN1. The molecule has 0 saturated carbocycles. The van der Waals surface area contributed by atoms with Crippen LogP contribution in [0.25, 0.3) is 0 Å². The summed E-state index contributed by atoms with van der Waals surface area (Å²) >= 11 is 0. The van der Waals surface area contributed by atoms with Crippen LogP contribution in [0, 0.1) is 0 Å². The van der Waals surface area contributed by atoms with Gasteiger partial charge in [0.25, 0.3) is 0 Å². The fourth-order valence-corrected chi connectivity index (χ4v) is 2.08. The molecule has 78 valence electrons. The van der Waals surface area contributed by atoms with Gasteiger partial charge in [0, 0.05) is 18.6 Å². The average molecular weight is 184 g/mol. The molecule has 0 aliphatic carbocycles. The van der Waals surface area contributed by atoms with Crippen molar-refractivity contribution >= 4 is 0 Å². The van der Waals surface area contributed by atoms with Crippen molar-refractivity contribution in [2.75, 3.05) is 20.1 Å². The van der Waals surface area contributed by atoms with Crippen molar-refractivity contribution in [1.82, 2.24) is 10.2 Å². The second-order valence-corrected chi connectivity index (χ2v) is 4.37. The lowest BCUT2D eigenvalue weighted by Crippen LogP contribution is -2.39. The summed E-state index contributed by atoms with van der Waals surface area (Å²) in [5.41, 5.74) is 0. The monoisotopic (exact) mass is 184 g/mol. The summed E-state index contributed by atoms with van der Waals surface area (Å²) in [6, 6.07) is 1.50. The molecule has 1 fully saturated rings. The fourth-order valence-electron chi connectivity index (χ4n) is 2.08. The van der Waals surface area contributed by atoms with Crippen LogP contribution < -0.4 is 5.32 Å². The molecule has 0 bridgehead atoms. The molecule has 2 heteroatoms. The van der Waals surface area contributed by atoms with Gasteiger partial charge in [-0.15, -0.1) is 0 Å². The molecular formula is C11H24N2. The van der Waals surface area contributed by atoms with Gasteiger partial charge in [-0.25, -0.2) is 0 Å². The Morgan fingerprint density at radius 1 is 1.54 bits per heavy atom. The van der Waals surface area contributed by atoms with Gasteiger partial charge in [0.1, 0.15) is 0 Å². The zero-order valence-corrected chi connectivity index (χ0v) is 9.34. The van der Waals surface area contributed by atoms with E-state index < -0.39 is 0 Å². The van der Waals surface area contributed by atoms with Crippen molar-refractivity contribution < 1.29 is 0 Å². The number of nitrogens with zero attached hydrogens (tertiary/aromatic N) is 1. The summed E-state index contributed by atoms with van der Waals surface area (Å²) in [5.74, 6) is 0. The maximum Gasteiger partial charge on any atom is 0.0195 e. The van der Waals surface area contributed by atoms with E-state index in [1.54, 1.807) is 0 Å². The third-order valence-electron chi connectivity index (χ3n) is 3.13. The Kier molecular flexibility index (Phi) is 4.74. The van der Waals surface area contributed by atoms with Gasteiger partial charge in [0.2, 0.25) is 0 Å². The molecule has 0 aromatic heterocycles. The Morgan fingerprint density at radius 3 is 2.85 bits per heavy atom. The van der Waals surface area contributed by atoms with Gasteiger partial charge in [-0.3, -0.25) is 0 Å². The van der Waals surface area contributed by atoms with Gasteiger partial charge < -0.3 is 10.2 Å². The normalized spacial score (nSPS) is 25.4. The van der Waals surface area contributed by atoms with Crippen LogP contribution in [-0.2, 0) is 0 Å². The molecule has 2 atom stereocenters. The van der Waals surface area contributed by atoms with Crippen molar-refractivity contribution in [3.63, 3.8) is 0 Å². The van der Waals surface area contributed by atoms with E-state index in [-0.39, 0.29) is 0 Å². The van der Waals surface area contributed by atoms with Gasteiger partial charge in [-0.2, -0.15) is 0 Å². The summed E-state index contributed by atoms with van der Waals surface area (Å²) in [6.45, 7) is 7.04. The first-order chi connectivity index (χ1) is 6.24. The van der Waals surface area contributed by atoms with E-state index in [1.165, 1.54) is 38.8 Å². The number of rotatable bonds is 5. The smallest absolute Gasteiger partial charge is 0.0195 e. The molecule has 2 unspecified atom stereocenters. The largest absolute Gasteiger partial charge is 0.313 e. The zero-order valence-electron chi connectivity index (χ0n) is 9.34. The molecule has 0 radical (unpaired) electrons. The lowest BCUT2D eigenvalue weighted by Gasteiger charge is -2.27. The standard InChI is InChI=1S/C11H24N2/c1-4-6-10(2)13(3)9-11-7-5-8-12-11/h10-12H,4-9H2,1-3H3. The highest BCUT2D eigenvalue weighted by molar-refractivity contribution is 4.78. The molecule has 1 N–H and O–H groups in total. The third kappa shape index (κ3) is 3.65. The van der Waals surface area contributed by atoms with Crippen LogP contribution in [0.3, 0.4) is 0 Å². The molecule has 13 heavy (non-hydrogen) atoms. The number of hydrogen-bond donors (Lipinski definition) is 1. The molecule has 0 aromatic carbocycles. The molecule has 1 rings (SSSR count). The second kappa shape index (κ2) is 5.61. The van der Waals surface area contributed by atoms with Crippen molar-refractivity contribution in [3.8, 4) is 0 Å². The van der Waals surface area contributed by atoms with Gasteiger partial charge in [-0.05, 0) is 39.8 Å². The van der Waals surface area contributed by atoms with Gasteiger partial charge in [0.15, 0.2) is 0 Å². The predicted molar refractivity (Wildman–Crippen MR) is 58.0 cm³/mol. The van der Waals surface area contributed by atoms with Crippen molar-refractivity contribution in [2.24, 2.45) is 0 Å². The first-order valence-corrected chi connectivity index (χ1v) is 5.67. The van der Waals surface area contributed by atoms with E-state index in [9.17, 15) is 0 Å². The minimum atomic E-state index is 0.743. The fraction of sp³-hybridized carbons (Fsp3) is 1.00. The van der Waals surface area contributed by atoms with Crippen molar-refractivity contribution in [3.05, 3.63) is 0 Å². The van der Waals surface area contributed by atoms with Crippen LogP contribution in [0.5, 0.6) is 0 Å². The molecule has 0 aromatic rings. The summed E-state index contributed by atoms with van der Waals surface area (Å²) < 4.78 is 0. The summed E-state index contributed by atoms with van der Waals surface area (Å²) in [7, 11) is 2.25. The van der Waals surface area contributed by atoms with E-state index in [0.29, 0.717) is 0 Å². The topological polar surface area (TPSA) is 15.3 Å². The highest BCUT2D eigenvalue weighted by atomic mass is 15.2. The number of hydrogen-bond acceptors (Lipinski definition) is 2. The number of likely N-dealkylation sites (N-methyl/N-ethyl adjacent to an activating group) is 1. The van der Waals surface area contributed by atoms with Gasteiger partial charge in [-0.1, -0.05) is 13.3 Å². The van der Waals surface area contributed by atoms with Crippen LogP contribution >= 0.6 is 0 Å². The quantitative estimate of drug-likeness (QED) is 0.701. The Bertz CT molecular complexity index is 130. The molecule has 1 aliphatic rings. The van der Waals surface area contributed by atoms with Gasteiger partial charge in [0.05, 0.1) is 0 Å². The maximum absolute atomic E-state index is 3.54. The van der Waals surface area contributed by atoms with E-state index >= 15 is 0 Å². The summed E-state index contributed by atoms with van der Waals surface area (Å²) in [5, 5.41) is 3.54.